The van der Waals surface area contributed by atoms with E-state index in [1.807, 2.05) is 30.4 Å². The molecule has 0 bridgehead atoms. The van der Waals surface area contributed by atoms with E-state index in [4.69, 9.17) is 0 Å². The maximum absolute atomic E-state index is 9.69. The van der Waals surface area contributed by atoms with Crippen molar-refractivity contribution >= 4 is 23.5 Å². The second-order valence-electron chi connectivity index (χ2n) is 4.67. The van der Waals surface area contributed by atoms with E-state index in [9.17, 15) is 5.11 Å². The fourth-order valence-corrected chi connectivity index (χ4v) is 4.04. The maximum atomic E-state index is 9.69. The standard InChI is InChI=1S/C13H26OS2/c1-7-12(14)8-11(6)13(15-9(2)3)16-10(4)5/h9-10,12,14H,7-8H2,1-6H3. The first-order valence-corrected chi connectivity index (χ1v) is 7.83. The van der Waals surface area contributed by atoms with Crippen LogP contribution in [0.4, 0.5) is 0 Å². The Morgan fingerprint density at radius 2 is 1.50 bits per heavy atom. The van der Waals surface area contributed by atoms with Crippen LogP contribution in [0.1, 0.15) is 54.4 Å². The summed E-state index contributed by atoms with van der Waals surface area (Å²) in [6.07, 6.45) is 1.46. The zero-order chi connectivity index (χ0) is 12.7. The number of thioether (sulfide) groups is 2. The molecule has 3 heteroatoms. The van der Waals surface area contributed by atoms with Crippen molar-refractivity contribution < 1.29 is 5.11 Å². The predicted octanol–water partition coefficient (Wildman–Crippen LogP) is 4.66. The van der Waals surface area contributed by atoms with Crippen LogP contribution < -0.4 is 0 Å². The zero-order valence-corrected chi connectivity index (χ0v) is 13.0. The average Bonchev–Trinajstić information content (AvgIpc) is 2.15. The second-order valence-corrected chi connectivity index (χ2v) is 8.10. The lowest BCUT2D eigenvalue weighted by Crippen LogP contribution is -2.06. The first kappa shape index (κ1) is 16.4. The highest BCUT2D eigenvalue weighted by atomic mass is 32.2. The molecule has 0 aliphatic rings. The molecule has 0 saturated heterocycles. The minimum Gasteiger partial charge on any atom is -0.393 e. The lowest BCUT2D eigenvalue weighted by Gasteiger charge is -2.17. The molecule has 0 spiro atoms. The van der Waals surface area contributed by atoms with Gasteiger partial charge in [0.15, 0.2) is 0 Å². The summed E-state index contributed by atoms with van der Waals surface area (Å²) in [6.45, 7) is 13.1. The Kier molecular flexibility index (Phi) is 8.70. The van der Waals surface area contributed by atoms with Crippen molar-refractivity contribution in [1.82, 2.24) is 0 Å². The van der Waals surface area contributed by atoms with E-state index in [2.05, 4.69) is 34.6 Å². The molecule has 0 aromatic carbocycles. The fourth-order valence-electron chi connectivity index (χ4n) is 1.24. The molecule has 96 valence electrons. The average molecular weight is 262 g/mol. The highest BCUT2D eigenvalue weighted by molar-refractivity contribution is 8.22. The number of hydrogen-bond donors (Lipinski definition) is 1. The first-order valence-electron chi connectivity index (χ1n) is 6.07. The molecule has 0 amide bonds. The van der Waals surface area contributed by atoms with Gasteiger partial charge < -0.3 is 5.11 Å². The third-order valence-electron chi connectivity index (χ3n) is 2.05. The summed E-state index contributed by atoms with van der Waals surface area (Å²) in [7, 11) is 0. The van der Waals surface area contributed by atoms with Crippen molar-refractivity contribution in [1.29, 1.82) is 0 Å². The topological polar surface area (TPSA) is 20.2 Å². The van der Waals surface area contributed by atoms with Crippen LogP contribution in [0.2, 0.25) is 0 Å². The monoisotopic (exact) mass is 262 g/mol. The quantitative estimate of drug-likeness (QED) is 0.720. The molecule has 0 aliphatic carbocycles. The van der Waals surface area contributed by atoms with E-state index in [1.165, 1.54) is 9.81 Å². The van der Waals surface area contributed by atoms with Crippen LogP contribution in [0, 0.1) is 0 Å². The summed E-state index contributed by atoms with van der Waals surface area (Å²) in [6, 6.07) is 0. The van der Waals surface area contributed by atoms with Gasteiger partial charge in [0.1, 0.15) is 0 Å². The van der Waals surface area contributed by atoms with E-state index in [1.54, 1.807) is 0 Å². The smallest absolute Gasteiger partial charge is 0.0575 e. The third-order valence-corrected chi connectivity index (χ3v) is 4.69. The number of aliphatic hydroxyl groups is 1. The maximum Gasteiger partial charge on any atom is 0.0575 e. The van der Waals surface area contributed by atoms with E-state index >= 15 is 0 Å². The van der Waals surface area contributed by atoms with Crippen molar-refractivity contribution in [2.75, 3.05) is 0 Å². The predicted molar refractivity (Wildman–Crippen MR) is 79.1 cm³/mol. The Hall–Kier alpha value is 0.400. The summed E-state index contributed by atoms with van der Waals surface area (Å²) >= 11 is 3.84. The van der Waals surface area contributed by atoms with Crippen molar-refractivity contribution in [2.24, 2.45) is 0 Å². The van der Waals surface area contributed by atoms with Crippen LogP contribution in [0.25, 0.3) is 0 Å². The summed E-state index contributed by atoms with van der Waals surface area (Å²) in [4.78, 5) is 0. The van der Waals surface area contributed by atoms with Gasteiger partial charge in [0.25, 0.3) is 0 Å². The zero-order valence-electron chi connectivity index (χ0n) is 11.4. The molecule has 0 radical (unpaired) electrons. The van der Waals surface area contributed by atoms with Crippen LogP contribution in [-0.4, -0.2) is 21.7 Å². The van der Waals surface area contributed by atoms with Crippen LogP contribution in [-0.2, 0) is 0 Å². The highest BCUT2D eigenvalue weighted by Crippen LogP contribution is 2.38. The summed E-state index contributed by atoms with van der Waals surface area (Å²) in [5, 5.41) is 10.9. The molecule has 16 heavy (non-hydrogen) atoms. The molecule has 1 unspecified atom stereocenters. The van der Waals surface area contributed by atoms with Gasteiger partial charge in [-0.05, 0) is 19.8 Å². The van der Waals surface area contributed by atoms with Gasteiger partial charge in [-0.3, -0.25) is 0 Å². The Bertz CT molecular complexity index is 210. The Morgan fingerprint density at radius 1 is 1.06 bits per heavy atom. The lowest BCUT2D eigenvalue weighted by molar-refractivity contribution is 0.170. The van der Waals surface area contributed by atoms with E-state index in [0.717, 1.165) is 12.8 Å². The van der Waals surface area contributed by atoms with E-state index in [0.29, 0.717) is 10.5 Å². The van der Waals surface area contributed by atoms with Crippen LogP contribution in [0.5, 0.6) is 0 Å². The van der Waals surface area contributed by atoms with Crippen molar-refractivity contribution in [3.05, 3.63) is 9.81 Å². The Balaban J connectivity index is 4.60. The van der Waals surface area contributed by atoms with Gasteiger partial charge in [0.05, 0.1) is 6.10 Å². The van der Waals surface area contributed by atoms with Crippen LogP contribution >= 0.6 is 23.5 Å². The fraction of sp³-hybridized carbons (Fsp3) is 0.846. The Labute approximate surface area is 109 Å². The van der Waals surface area contributed by atoms with Crippen LogP contribution in [0.15, 0.2) is 9.81 Å². The molecule has 0 aromatic heterocycles. The molecule has 1 nitrogen and oxygen atoms in total. The van der Waals surface area contributed by atoms with Crippen molar-refractivity contribution in [2.45, 2.75) is 71.0 Å². The minimum absolute atomic E-state index is 0.185. The van der Waals surface area contributed by atoms with Crippen LogP contribution in [0.3, 0.4) is 0 Å². The molecule has 0 aliphatic heterocycles. The largest absolute Gasteiger partial charge is 0.393 e. The number of rotatable bonds is 7. The molecule has 1 N–H and O–H groups in total. The van der Waals surface area contributed by atoms with Gasteiger partial charge in [-0.25, -0.2) is 0 Å². The molecular formula is C13H26OS2. The molecular weight excluding hydrogens is 236 g/mol. The molecule has 0 fully saturated rings. The van der Waals surface area contributed by atoms with Gasteiger partial charge in [0.2, 0.25) is 0 Å². The second kappa shape index (κ2) is 8.48. The van der Waals surface area contributed by atoms with E-state index in [-0.39, 0.29) is 6.10 Å². The first-order chi connectivity index (χ1) is 7.36. The Morgan fingerprint density at radius 3 is 1.81 bits per heavy atom. The molecule has 0 rings (SSSR count). The summed E-state index contributed by atoms with van der Waals surface area (Å²) in [5.41, 5.74) is 1.34. The SMILES string of the molecule is CCC(O)CC(C)=C(SC(C)C)SC(C)C. The summed E-state index contributed by atoms with van der Waals surface area (Å²) < 4.78 is 1.40. The van der Waals surface area contributed by atoms with Gasteiger partial charge in [-0.2, -0.15) is 0 Å². The lowest BCUT2D eigenvalue weighted by atomic mass is 10.1. The third kappa shape index (κ3) is 7.64. The molecule has 0 saturated carbocycles. The van der Waals surface area contributed by atoms with Gasteiger partial charge in [0, 0.05) is 14.7 Å². The van der Waals surface area contributed by atoms with E-state index < -0.39 is 0 Å². The normalized spacial score (nSPS) is 13.3. The molecule has 0 heterocycles. The molecule has 0 aromatic rings. The minimum atomic E-state index is -0.185. The summed E-state index contributed by atoms with van der Waals surface area (Å²) in [5.74, 6) is 0. The van der Waals surface area contributed by atoms with Crippen molar-refractivity contribution in [3.8, 4) is 0 Å². The van der Waals surface area contributed by atoms with Gasteiger partial charge in [-0.15, -0.1) is 23.5 Å². The number of aliphatic hydroxyl groups excluding tert-OH is 1. The van der Waals surface area contributed by atoms with Gasteiger partial charge >= 0.3 is 0 Å². The number of hydrogen-bond acceptors (Lipinski definition) is 3. The van der Waals surface area contributed by atoms with Crippen molar-refractivity contribution in [3.63, 3.8) is 0 Å². The highest BCUT2D eigenvalue weighted by Gasteiger charge is 2.12. The molecule has 1 atom stereocenters. The van der Waals surface area contributed by atoms with Gasteiger partial charge in [-0.1, -0.05) is 40.2 Å².